The van der Waals surface area contributed by atoms with E-state index in [1.54, 1.807) is 0 Å². The van der Waals surface area contributed by atoms with Gasteiger partial charge in [-0.25, -0.2) is 0 Å². The van der Waals surface area contributed by atoms with Gasteiger partial charge in [-0.05, 0) is 32.1 Å². The Morgan fingerprint density at radius 3 is 2.14 bits per heavy atom. The van der Waals surface area contributed by atoms with Gasteiger partial charge in [0.15, 0.2) is 0 Å². The second kappa shape index (κ2) is 3.92. The first-order valence-corrected chi connectivity index (χ1v) is 6.08. The Morgan fingerprint density at radius 2 is 1.71 bits per heavy atom. The fourth-order valence-corrected chi connectivity index (χ4v) is 2.48. The van der Waals surface area contributed by atoms with Crippen LogP contribution in [0, 0.1) is 5.41 Å². The second-order valence-corrected chi connectivity index (χ2v) is 4.84. The fourth-order valence-electron chi connectivity index (χ4n) is 2.48. The number of nitrogens with zero attached hydrogens (tertiary/aromatic N) is 1. The van der Waals surface area contributed by atoms with Crippen LogP contribution in [0.15, 0.2) is 0 Å². The summed E-state index contributed by atoms with van der Waals surface area (Å²) in [4.78, 5) is 14.3. The van der Waals surface area contributed by atoms with Gasteiger partial charge in [-0.15, -0.1) is 0 Å². The quantitative estimate of drug-likeness (QED) is 0.663. The summed E-state index contributed by atoms with van der Waals surface area (Å²) in [6, 6.07) is 0. The van der Waals surface area contributed by atoms with Crippen molar-refractivity contribution in [2.75, 3.05) is 13.1 Å². The number of carbonyl (C=O) groups excluding carboxylic acids is 1. The molecule has 2 fully saturated rings. The minimum absolute atomic E-state index is 0.0876. The average molecular weight is 195 g/mol. The topological polar surface area (TPSA) is 20.3 Å². The Kier molecular flexibility index (Phi) is 2.80. The van der Waals surface area contributed by atoms with Crippen LogP contribution >= 0.6 is 0 Å². The van der Waals surface area contributed by atoms with Crippen molar-refractivity contribution in [3.8, 4) is 0 Å². The zero-order chi connectivity index (χ0) is 10.0. The van der Waals surface area contributed by atoms with E-state index >= 15 is 0 Å². The van der Waals surface area contributed by atoms with E-state index in [2.05, 4.69) is 11.8 Å². The van der Waals surface area contributed by atoms with E-state index in [4.69, 9.17) is 0 Å². The monoisotopic (exact) mass is 195 g/mol. The van der Waals surface area contributed by atoms with Gasteiger partial charge in [0.05, 0.1) is 0 Å². The number of likely N-dealkylation sites (tertiary alicyclic amines) is 1. The molecule has 2 rings (SSSR count). The third-order valence-electron chi connectivity index (χ3n) is 3.88. The molecule has 0 unspecified atom stereocenters. The van der Waals surface area contributed by atoms with Crippen molar-refractivity contribution in [1.82, 2.24) is 4.90 Å². The molecule has 0 aromatic carbocycles. The van der Waals surface area contributed by atoms with Gasteiger partial charge in [0, 0.05) is 18.5 Å². The van der Waals surface area contributed by atoms with Gasteiger partial charge in [-0.2, -0.15) is 0 Å². The minimum atomic E-state index is 0.0876. The van der Waals surface area contributed by atoms with E-state index in [9.17, 15) is 4.79 Å². The van der Waals surface area contributed by atoms with Crippen LogP contribution in [0.4, 0.5) is 0 Å². The first-order chi connectivity index (χ1) is 6.78. The third-order valence-corrected chi connectivity index (χ3v) is 3.88. The lowest BCUT2D eigenvalue weighted by Gasteiger charge is -2.25. The predicted molar refractivity (Wildman–Crippen MR) is 57.0 cm³/mol. The summed E-state index contributed by atoms with van der Waals surface area (Å²) < 4.78 is 0. The maximum atomic E-state index is 12.2. The molecule has 1 heterocycles. The zero-order valence-corrected chi connectivity index (χ0v) is 9.22. The summed E-state index contributed by atoms with van der Waals surface area (Å²) in [6.45, 7) is 4.18. The third kappa shape index (κ3) is 1.79. The molecule has 0 atom stereocenters. The van der Waals surface area contributed by atoms with Crippen LogP contribution in [0.2, 0.25) is 0 Å². The molecular formula is C12H21NO. The summed E-state index contributed by atoms with van der Waals surface area (Å²) in [6.07, 6.45) is 8.36. The van der Waals surface area contributed by atoms with Crippen molar-refractivity contribution < 1.29 is 4.79 Å². The van der Waals surface area contributed by atoms with Gasteiger partial charge >= 0.3 is 0 Å². The fraction of sp³-hybridized carbons (Fsp3) is 0.917. The largest absolute Gasteiger partial charge is 0.342 e. The highest BCUT2D eigenvalue weighted by atomic mass is 16.2. The lowest BCUT2D eigenvalue weighted by molar-refractivity contribution is -0.137. The van der Waals surface area contributed by atoms with E-state index in [0.717, 1.165) is 32.4 Å². The lowest BCUT2D eigenvalue weighted by atomic mass is 10.0. The van der Waals surface area contributed by atoms with E-state index in [1.807, 2.05) is 0 Å². The van der Waals surface area contributed by atoms with Crippen LogP contribution in [0.5, 0.6) is 0 Å². The second-order valence-electron chi connectivity index (χ2n) is 4.84. The first kappa shape index (κ1) is 10.0. The Hall–Kier alpha value is -0.530. The molecule has 0 radical (unpaired) electrons. The lowest BCUT2D eigenvalue weighted by Crippen LogP contribution is -2.37. The summed E-state index contributed by atoms with van der Waals surface area (Å²) in [5.74, 6) is 0.460. The summed E-state index contributed by atoms with van der Waals surface area (Å²) in [7, 11) is 0. The van der Waals surface area contributed by atoms with Gasteiger partial charge < -0.3 is 4.90 Å². The highest BCUT2D eigenvalue weighted by Crippen LogP contribution is 2.50. The standard InChI is InChI=1S/C12H21NO/c1-2-12(7-8-12)11(14)13-9-5-3-4-6-10-13/h2-10H2,1H3. The molecule has 14 heavy (non-hydrogen) atoms. The smallest absolute Gasteiger partial charge is 0.228 e. The maximum absolute atomic E-state index is 12.2. The van der Waals surface area contributed by atoms with Crippen LogP contribution in [-0.4, -0.2) is 23.9 Å². The van der Waals surface area contributed by atoms with E-state index in [0.29, 0.717) is 5.91 Å². The number of amides is 1. The van der Waals surface area contributed by atoms with Crippen molar-refractivity contribution in [3.05, 3.63) is 0 Å². The van der Waals surface area contributed by atoms with Crippen LogP contribution < -0.4 is 0 Å². The van der Waals surface area contributed by atoms with Gasteiger partial charge in [-0.3, -0.25) is 4.79 Å². The molecule has 0 N–H and O–H groups in total. The molecule has 0 spiro atoms. The first-order valence-electron chi connectivity index (χ1n) is 6.08. The van der Waals surface area contributed by atoms with Crippen LogP contribution in [0.25, 0.3) is 0 Å². The molecule has 80 valence electrons. The van der Waals surface area contributed by atoms with Gasteiger partial charge in [0.1, 0.15) is 0 Å². The average Bonchev–Trinajstić information content (AvgIpc) is 3.03. The van der Waals surface area contributed by atoms with E-state index in [-0.39, 0.29) is 5.41 Å². The molecule has 2 aliphatic rings. The highest BCUT2D eigenvalue weighted by Gasteiger charge is 2.49. The van der Waals surface area contributed by atoms with Crippen LogP contribution in [0.1, 0.15) is 51.9 Å². The SMILES string of the molecule is CCC1(C(=O)N2CCCCCC2)CC1. The van der Waals surface area contributed by atoms with Gasteiger partial charge in [-0.1, -0.05) is 19.8 Å². The molecule has 1 saturated carbocycles. The van der Waals surface area contributed by atoms with Crippen molar-refractivity contribution in [1.29, 1.82) is 0 Å². The predicted octanol–water partition coefficient (Wildman–Crippen LogP) is 2.58. The van der Waals surface area contributed by atoms with E-state index < -0.39 is 0 Å². The molecule has 0 aromatic heterocycles. The molecule has 0 aromatic rings. The molecule has 2 nitrogen and oxygen atoms in total. The van der Waals surface area contributed by atoms with Crippen molar-refractivity contribution in [2.24, 2.45) is 5.41 Å². The molecule has 1 aliphatic carbocycles. The molecule has 2 heteroatoms. The number of hydrogen-bond donors (Lipinski definition) is 0. The van der Waals surface area contributed by atoms with Crippen LogP contribution in [0.3, 0.4) is 0 Å². The molecule has 1 saturated heterocycles. The van der Waals surface area contributed by atoms with Crippen molar-refractivity contribution >= 4 is 5.91 Å². The molecule has 1 amide bonds. The Balaban J connectivity index is 1.96. The summed E-state index contributed by atoms with van der Waals surface area (Å²) in [5, 5.41) is 0. The number of rotatable bonds is 2. The Morgan fingerprint density at radius 1 is 1.14 bits per heavy atom. The van der Waals surface area contributed by atoms with Crippen LogP contribution in [-0.2, 0) is 4.79 Å². The van der Waals surface area contributed by atoms with Crippen molar-refractivity contribution in [3.63, 3.8) is 0 Å². The Bertz CT molecular complexity index is 212. The number of carbonyl (C=O) groups is 1. The highest BCUT2D eigenvalue weighted by molar-refractivity contribution is 5.85. The normalized spacial score (nSPS) is 25.6. The number of hydrogen-bond acceptors (Lipinski definition) is 1. The Labute approximate surface area is 86.7 Å². The van der Waals surface area contributed by atoms with Gasteiger partial charge in [0.25, 0.3) is 0 Å². The van der Waals surface area contributed by atoms with Crippen molar-refractivity contribution in [2.45, 2.75) is 51.9 Å². The summed E-state index contributed by atoms with van der Waals surface area (Å²) in [5.41, 5.74) is 0.0876. The minimum Gasteiger partial charge on any atom is -0.342 e. The molecular weight excluding hydrogens is 174 g/mol. The summed E-state index contributed by atoms with van der Waals surface area (Å²) >= 11 is 0. The molecule has 1 aliphatic heterocycles. The zero-order valence-electron chi connectivity index (χ0n) is 9.22. The van der Waals surface area contributed by atoms with E-state index in [1.165, 1.54) is 25.7 Å². The molecule has 0 bridgehead atoms. The maximum Gasteiger partial charge on any atom is 0.228 e. The van der Waals surface area contributed by atoms with Gasteiger partial charge in [0.2, 0.25) is 5.91 Å².